The molecule has 0 rings (SSSR count). The van der Waals surface area contributed by atoms with E-state index in [9.17, 15) is 0 Å². The number of hydrogen-bond acceptors (Lipinski definition) is 1. The topological polar surface area (TPSA) is 9.23 Å². The summed E-state index contributed by atoms with van der Waals surface area (Å²) in [6, 6.07) is 0. The smallest absolute Gasteiger partial charge is 0.0749 e. The van der Waals surface area contributed by atoms with Gasteiger partial charge in [-0.15, -0.1) is 11.6 Å². The van der Waals surface area contributed by atoms with Gasteiger partial charge >= 0.3 is 0 Å². The van der Waals surface area contributed by atoms with Gasteiger partial charge in [-0.1, -0.05) is 12.2 Å². The Bertz CT molecular complexity index is 70.9. The molecule has 0 aromatic carbocycles. The van der Waals surface area contributed by atoms with E-state index >= 15 is 0 Å². The molecule has 0 N–H and O–H groups in total. The molecule has 2 heteroatoms. The Kier molecular flexibility index (Phi) is 5.13. The number of halogens is 1. The number of rotatable bonds is 3. The lowest BCUT2D eigenvalue weighted by Crippen LogP contribution is -2.02. The minimum Gasteiger partial charge on any atom is -0.383 e. The van der Waals surface area contributed by atoms with Gasteiger partial charge in [0.25, 0.3) is 0 Å². The highest BCUT2D eigenvalue weighted by Crippen LogP contribution is 1.96. The molecule has 0 heterocycles. The van der Waals surface area contributed by atoms with E-state index < -0.39 is 0 Å². The normalized spacial score (nSPS) is 14.9. The molecule has 0 aliphatic rings. The highest BCUT2D eigenvalue weighted by molar-refractivity contribution is 6.21. The minimum absolute atomic E-state index is 0.0324. The van der Waals surface area contributed by atoms with E-state index in [-0.39, 0.29) is 5.38 Å². The zero-order valence-corrected chi connectivity index (χ0v) is 5.98. The fourth-order valence-electron chi connectivity index (χ4n) is 0.424. The first-order valence-corrected chi connectivity index (χ1v) is 3.00. The summed E-state index contributed by atoms with van der Waals surface area (Å²) in [5, 5.41) is 0.0324. The summed E-state index contributed by atoms with van der Waals surface area (Å²) >= 11 is 5.67. The van der Waals surface area contributed by atoms with Crippen LogP contribution in [0.1, 0.15) is 6.92 Å². The van der Waals surface area contributed by atoms with Crippen LogP contribution in [0.2, 0.25) is 0 Å². The lowest BCUT2D eigenvalue weighted by Gasteiger charge is -1.98. The second-order valence-electron chi connectivity index (χ2n) is 1.50. The van der Waals surface area contributed by atoms with Crippen molar-refractivity contribution in [3.63, 3.8) is 0 Å². The molecule has 1 nitrogen and oxygen atoms in total. The molecule has 0 aromatic heterocycles. The molecule has 0 aromatic rings. The zero-order chi connectivity index (χ0) is 6.41. The Hall–Kier alpha value is -0.0100. The lowest BCUT2D eigenvalue weighted by molar-refractivity contribution is 0.206. The number of hydrogen-bond donors (Lipinski definition) is 0. The Morgan fingerprint density at radius 1 is 1.75 bits per heavy atom. The van der Waals surface area contributed by atoms with E-state index in [1.165, 1.54) is 0 Å². The van der Waals surface area contributed by atoms with Crippen molar-refractivity contribution in [2.24, 2.45) is 0 Å². The van der Waals surface area contributed by atoms with Crippen molar-refractivity contribution < 1.29 is 4.74 Å². The molecule has 0 saturated carbocycles. The molecule has 0 spiro atoms. The largest absolute Gasteiger partial charge is 0.383 e. The zero-order valence-electron chi connectivity index (χ0n) is 5.23. The van der Waals surface area contributed by atoms with Crippen LogP contribution >= 0.6 is 11.6 Å². The predicted octanol–water partition coefficient (Wildman–Crippen LogP) is 1.82. The molecule has 8 heavy (non-hydrogen) atoms. The van der Waals surface area contributed by atoms with Crippen molar-refractivity contribution >= 4 is 11.6 Å². The van der Waals surface area contributed by atoms with Crippen molar-refractivity contribution in [2.45, 2.75) is 12.3 Å². The maximum absolute atomic E-state index is 5.67. The quantitative estimate of drug-likeness (QED) is 0.423. The summed E-state index contributed by atoms with van der Waals surface area (Å²) in [4.78, 5) is 0. The van der Waals surface area contributed by atoms with Crippen LogP contribution in [0.4, 0.5) is 0 Å². The van der Waals surface area contributed by atoms with E-state index in [0.29, 0.717) is 6.61 Å². The molecule has 0 aliphatic carbocycles. The average Bonchev–Trinajstić information content (AvgIpc) is 1.68. The number of allylic oxidation sites excluding steroid dienone is 1. The molecule has 0 amide bonds. The van der Waals surface area contributed by atoms with Gasteiger partial charge < -0.3 is 4.74 Å². The van der Waals surface area contributed by atoms with Gasteiger partial charge in [0, 0.05) is 7.11 Å². The van der Waals surface area contributed by atoms with Crippen LogP contribution in [0.3, 0.4) is 0 Å². The first kappa shape index (κ1) is 7.99. The Labute approximate surface area is 55.3 Å². The SMILES string of the molecule is C/C=C/C(Cl)COC. The van der Waals surface area contributed by atoms with Crippen LogP contribution in [0.15, 0.2) is 12.2 Å². The molecule has 48 valence electrons. The third-order valence-corrected chi connectivity index (χ3v) is 0.999. The monoisotopic (exact) mass is 134 g/mol. The molecular formula is C6H11ClO. The van der Waals surface area contributed by atoms with Crippen LogP contribution in [0, 0.1) is 0 Å². The number of ether oxygens (including phenoxy) is 1. The van der Waals surface area contributed by atoms with Gasteiger partial charge in [-0.3, -0.25) is 0 Å². The second-order valence-corrected chi connectivity index (χ2v) is 2.06. The van der Waals surface area contributed by atoms with Crippen LogP contribution in [-0.4, -0.2) is 19.1 Å². The molecule has 0 bridgehead atoms. The summed E-state index contributed by atoms with van der Waals surface area (Å²) in [6.45, 7) is 2.52. The summed E-state index contributed by atoms with van der Waals surface area (Å²) in [5.41, 5.74) is 0. The molecule has 0 saturated heterocycles. The second kappa shape index (κ2) is 5.13. The predicted molar refractivity (Wildman–Crippen MR) is 36.3 cm³/mol. The third kappa shape index (κ3) is 4.16. The molecule has 0 radical (unpaired) electrons. The van der Waals surface area contributed by atoms with E-state index in [4.69, 9.17) is 16.3 Å². The van der Waals surface area contributed by atoms with Gasteiger partial charge in [0.1, 0.15) is 0 Å². The fraction of sp³-hybridized carbons (Fsp3) is 0.667. The standard InChI is InChI=1S/C6H11ClO/c1-3-4-6(7)5-8-2/h3-4,6H,5H2,1-2H3/b4-3+. The summed E-state index contributed by atoms with van der Waals surface area (Å²) < 4.78 is 4.77. The van der Waals surface area contributed by atoms with Crippen molar-refractivity contribution in [1.29, 1.82) is 0 Å². The van der Waals surface area contributed by atoms with E-state index in [0.717, 1.165) is 0 Å². The molecule has 1 atom stereocenters. The Balaban J connectivity index is 3.17. The van der Waals surface area contributed by atoms with Crippen LogP contribution in [-0.2, 0) is 4.74 Å². The Morgan fingerprint density at radius 3 is 2.75 bits per heavy atom. The molecule has 1 unspecified atom stereocenters. The van der Waals surface area contributed by atoms with E-state index in [1.807, 2.05) is 19.1 Å². The lowest BCUT2D eigenvalue weighted by atomic mass is 10.4. The highest BCUT2D eigenvalue weighted by atomic mass is 35.5. The maximum atomic E-state index is 5.67. The van der Waals surface area contributed by atoms with E-state index in [1.54, 1.807) is 7.11 Å². The maximum Gasteiger partial charge on any atom is 0.0749 e. The van der Waals surface area contributed by atoms with Crippen molar-refractivity contribution in [2.75, 3.05) is 13.7 Å². The first-order chi connectivity index (χ1) is 3.81. The van der Waals surface area contributed by atoms with Crippen LogP contribution in [0.5, 0.6) is 0 Å². The van der Waals surface area contributed by atoms with Gasteiger partial charge in [-0.25, -0.2) is 0 Å². The molecular weight excluding hydrogens is 124 g/mol. The van der Waals surface area contributed by atoms with Gasteiger partial charge in [-0.2, -0.15) is 0 Å². The first-order valence-electron chi connectivity index (χ1n) is 2.57. The summed E-state index contributed by atoms with van der Waals surface area (Å²) in [7, 11) is 1.64. The minimum atomic E-state index is 0.0324. The van der Waals surface area contributed by atoms with E-state index in [2.05, 4.69) is 0 Å². The van der Waals surface area contributed by atoms with Crippen molar-refractivity contribution in [3.8, 4) is 0 Å². The molecule has 0 aliphatic heterocycles. The number of methoxy groups -OCH3 is 1. The highest BCUT2D eigenvalue weighted by Gasteiger charge is 1.93. The molecule has 0 fully saturated rings. The van der Waals surface area contributed by atoms with Crippen molar-refractivity contribution in [1.82, 2.24) is 0 Å². The Morgan fingerprint density at radius 2 is 2.38 bits per heavy atom. The number of alkyl halides is 1. The van der Waals surface area contributed by atoms with Crippen LogP contribution in [0.25, 0.3) is 0 Å². The summed E-state index contributed by atoms with van der Waals surface area (Å²) in [6.07, 6.45) is 3.81. The van der Waals surface area contributed by atoms with Crippen molar-refractivity contribution in [3.05, 3.63) is 12.2 Å². The van der Waals surface area contributed by atoms with Gasteiger partial charge in [-0.05, 0) is 6.92 Å². The van der Waals surface area contributed by atoms with Crippen LogP contribution < -0.4 is 0 Å². The fourth-order valence-corrected chi connectivity index (χ4v) is 0.695. The van der Waals surface area contributed by atoms with Gasteiger partial charge in [0.15, 0.2) is 0 Å². The average molecular weight is 135 g/mol. The van der Waals surface area contributed by atoms with Gasteiger partial charge in [0.2, 0.25) is 0 Å². The van der Waals surface area contributed by atoms with Gasteiger partial charge in [0.05, 0.1) is 12.0 Å². The third-order valence-electron chi connectivity index (χ3n) is 0.727. The summed E-state index contributed by atoms with van der Waals surface area (Å²) in [5.74, 6) is 0.